The molecule has 1 aliphatic heterocycles. The van der Waals surface area contributed by atoms with Crippen LogP contribution in [0.2, 0.25) is 0 Å². The van der Waals surface area contributed by atoms with Gasteiger partial charge in [0, 0.05) is 24.8 Å². The van der Waals surface area contributed by atoms with E-state index in [1.54, 1.807) is 12.1 Å². The standard InChI is InChI=1S/C16H23F3N2/c1-12(2)10-21(11-13-6-5-9-20-13)15-8-4-3-7-14(15)16(17,18)19/h3-4,7-8,12-13,20H,5-6,9-11H2,1-2H3. The highest BCUT2D eigenvalue weighted by Crippen LogP contribution is 2.36. The Morgan fingerprint density at radius 1 is 1.29 bits per heavy atom. The lowest BCUT2D eigenvalue weighted by Crippen LogP contribution is -2.40. The van der Waals surface area contributed by atoms with Crippen LogP contribution in [-0.4, -0.2) is 25.7 Å². The van der Waals surface area contributed by atoms with Crippen molar-refractivity contribution in [2.24, 2.45) is 5.92 Å². The third-order valence-corrected chi connectivity index (χ3v) is 3.74. The van der Waals surface area contributed by atoms with Gasteiger partial charge in [0.25, 0.3) is 0 Å². The summed E-state index contributed by atoms with van der Waals surface area (Å²) >= 11 is 0. The fraction of sp³-hybridized carbons (Fsp3) is 0.625. The first kappa shape index (κ1) is 16.1. The van der Waals surface area contributed by atoms with Gasteiger partial charge >= 0.3 is 6.18 Å². The number of hydrogen-bond donors (Lipinski definition) is 1. The molecule has 0 spiro atoms. The fourth-order valence-electron chi connectivity index (χ4n) is 2.88. The van der Waals surface area contributed by atoms with Gasteiger partial charge in [-0.3, -0.25) is 0 Å². The number of benzene rings is 1. The van der Waals surface area contributed by atoms with Crippen LogP contribution in [-0.2, 0) is 6.18 Å². The molecule has 118 valence electrons. The van der Waals surface area contributed by atoms with Gasteiger partial charge in [0.2, 0.25) is 0 Å². The van der Waals surface area contributed by atoms with Crippen molar-refractivity contribution >= 4 is 5.69 Å². The molecule has 1 fully saturated rings. The van der Waals surface area contributed by atoms with E-state index < -0.39 is 11.7 Å². The zero-order chi connectivity index (χ0) is 15.5. The van der Waals surface area contributed by atoms with E-state index in [0.717, 1.165) is 19.4 Å². The first-order valence-corrected chi connectivity index (χ1v) is 7.52. The first-order valence-electron chi connectivity index (χ1n) is 7.52. The molecule has 21 heavy (non-hydrogen) atoms. The molecule has 1 aromatic rings. The van der Waals surface area contributed by atoms with E-state index in [1.807, 2.05) is 18.7 Å². The van der Waals surface area contributed by atoms with E-state index >= 15 is 0 Å². The van der Waals surface area contributed by atoms with Crippen LogP contribution in [0.15, 0.2) is 24.3 Å². The Labute approximate surface area is 124 Å². The molecule has 0 bridgehead atoms. The summed E-state index contributed by atoms with van der Waals surface area (Å²) in [6, 6.07) is 6.17. The molecule has 1 aliphatic rings. The summed E-state index contributed by atoms with van der Waals surface area (Å²) in [5.41, 5.74) is -0.240. The molecular weight excluding hydrogens is 277 g/mol. The highest BCUT2D eigenvalue weighted by molar-refractivity contribution is 5.55. The summed E-state index contributed by atoms with van der Waals surface area (Å²) in [4.78, 5) is 1.89. The number of anilines is 1. The van der Waals surface area contributed by atoms with Crippen LogP contribution in [0.5, 0.6) is 0 Å². The first-order chi connectivity index (χ1) is 9.88. The van der Waals surface area contributed by atoms with Gasteiger partial charge in [-0.1, -0.05) is 26.0 Å². The minimum atomic E-state index is -4.31. The van der Waals surface area contributed by atoms with E-state index in [4.69, 9.17) is 0 Å². The molecule has 1 aromatic carbocycles. The van der Waals surface area contributed by atoms with Gasteiger partial charge in [0.1, 0.15) is 0 Å². The molecule has 0 amide bonds. The van der Waals surface area contributed by atoms with Crippen LogP contribution in [0.4, 0.5) is 18.9 Å². The smallest absolute Gasteiger partial charge is 0.369 e. The van der Waals surface area contributed by atoms with Crippen molar-refractivity contribution in [3.63, 3.8) is 0 Å². The second-order valence-electron chi connectivity index (χ2n) is 6.11. The fourth-order valence-corrected chi connectivity index (χ4v) is 2.88. The highest BCUT2D eigenvalue weighted by Gasteiger charge is 2.35. The summed E-state index contributed by atoms with van der Waals surface area (Å²) in [6.45, 7) is 6.29. The van der Waals surface area contributed by atoms with Crippen molar-refractivity contribution in [1.29, 1.82) is 0 Å². The number of nitrogens with one attached hydrogen (secondary N) is 1. The third-order valence-electron chi connectivity index (χ3n) is 3.74. The van der Waals surface area contributed by atoms with Crippen molar-refractivity contribution in [3.8, 4) is 0 Å². The summed E-state index contributed by atoms with van der Waals surface area (Å²) in [6.07, 6.45) is -2.18. The molecular formula is C16H23F3N2. The van der Waals surface area contributed by atoms with Gasteiger partial charge in [0.05, 0.1) is 5.56 Å². The highest BCUT2D eigenvalue weighted by atomic mass is 19.4. The molecule has 0 aliphatic carbocycles. The van der Waals surface area contributed by atoms with Gasteiger partial charge < -0.3 is 10.2 Å². The molecule has 5 heteroatoms. The predicted octanol–water partition coefficient (Wildman–Crippen LogP) is 3.92. The summed E-state index contributed by atoms with van der Waals surface area (Å²) in [5.74, 6) is 0.313. The maximum Gasteiger partial charge on any atom is 0.418 e. The van der Waals surface area contributed by atoms with Crippen molar-refractivity contribution < 1.29 is 13.2 Å². The zero-order valence-corrected chi connectivity index (χ0v) is 12.6. The minimum absolute atomic E-state index is 0.282. The van der Waals surface area contributed by atoms with Gasteiger partial charge in [-0.05, 0) is 37.4 Å². The number of rotatable bonds is 5. The average Bonchev–Trinajstić information content (AvgIpc) is 2.89. The largest absolute Gasteiger partial charge is 0.418 e. The molecule has 2 rings (SSSR count). The topological polar surface area (TPSA) is 15.3 Å². The lowest BCUT2D eigenvalue weighted by atomic mass is 10.1. The maximum atomic E-state index is 13.2. The average molecular weight is 300 g/mol. The summed E-state index contributed by atoms with van der Waals surface area (Å²) in [5, 5.41) is 3.37. The second kappa shape index (κ2) is 6.69. The predicted molar refractivity (Wildman–Crippen MR) is 79.5 cm³/mol. The van der Waals surface area contributed by atoms with Crippen LogP contribution < -0.4 is 10.2 Å². The number of hydrogen-bond acceptors (Lipinski definition) is 2. The SMILES string of the molecule is CC(C)CN(CC1CCCN1)c1ccccc1C(F)(F)F. The van der Waals surface area contributed by atoms with Crippen LogP contribution in [0.25, 0.3) is 0 Å². The normalized spacial score (nSPS) is 19.2. The van der Waals surface area contributed by atoms with Crippen LogP contribution in [0.1, 0.15) is 32.3 Å². The molecule has 1 unspecified atom stereocenters. The van der Waals surface area contributed by atoms with Gasteiger partial charge in [-0.15, -0.1) is 0 Å². The van der Waals surface area contributed by atoms with Crippen LogP contribution in [0.3, 0.4) is 0 Å². The number of alkyl halides is 3. The molecule has 0 saturated carbocycles. The molecule has 1 N–H and O–H groups in total. The van der Waals surface area contributed by atoms with Gasteiger partial charge in [-0.2, -0.15) is 13.2 Å². The van der Waals surface area contributed by atoms with E-state index in [2.05, 4.69) is 5.32 Å². The molecule has 1 saturated heterocycles. The Balaban J connectivity index is 2.27. The number of para-hydroxylation sites is 1. The van der Waals surface area contributed by atoms with Crippen molar-refractivity contribution in [2.75, 3.05) is 24.5 Å². The van der Waals surface area contributed by atoms with E-state index in [-0.39, 0.29) is 6.04 Å². The summed E-state index contributed by atoms with van der Waals surface area (Å²) < 4.78 is 39.7. The van der Waals surface area contributed by atoms with Crippen molar-refractivity contribution in [1.82, 2.24) is 5.32 Å². The quantitative estimate of drug-likeness (QED) is 0.886. The maximum absolute atomic E-state index is 13.2. The zero-order valence-electron chi connectivity index (χ0n) is 12.6. The number of halogens is 3. The van der Waals surface area contributed by atoms with E-state index in [9.17, 15) is 13.2 Å². The minimum Gasteiger partial charge on any atom is -0.369 e. The van der Waals surface area contributed by atoms with Gasteiger partial charge in [0.15, 0.2) is 0 Å². The second-order valence-corrected chi connectivity index (χ2v) is 6.11. The lowest BCUT2D eigenvalue weighted by molar-refractivity contribution is -0.137. The van der Waals surface area contributed by atoms with Crippen LogP contribution >= 0.6 is 0 Å². The lowest BCUT2D eigenvalue weighted by Gasteiger charge is -2.31. The monoisotopic (exact) mass is 300 g/mol. The Kier molecular flexibility index (Phi) is 5.14. The third kappa shape index (κ3) is 4.37. The molecule has 1 heterocycles. The Hall–Kier alpha value is -1.23. The molecule has 1 atom stereocenters. The van der Waals surface area contributed by atoms with Crippen molar-refractivity contribution in [2.45, 2.75) is 38.9 Å². The molecule has 2 nitrogen and oxygen atoms in total. The van der Waals surface area contributed by atoms with Crippen LogP contribution in [0, 0.1) is 5.92 Å². The van der Waals surface area contributed by atoms with E-state index in [0.29, 0.717) is 24.7 Å². The Morgan fingerprint density at radius 2 is 2.00 bits per heavy atom. The number of nitrogens with zero attached hydrogens (tertiary/aromatic N) is 1. The van der Waals surface area contributed by atoms with E-state index in [1.165, 1.54) is 12.1 Å². The van der Waals surface area contributed by atoms with Crippen molar-refractivity contribution in [3.05, 3.63) is 29.8 Å². The summed E-state index contributed by atoms with van der Waals surface area (Å²) in [7, 11) is 0. The Morgan fingerprint density at radius 3 is 2.57 bits per heavy atom. The van der Waals surface area contributed by atoms with Gasteiger partial charge in [-0.25, -0.2) is 0 Å². The molecule has 0 radical (unpaired) electrons. The molecule has 0 aromatic heterocycles. The Bertz CT molecular complexity index is 451.